The predicted molar refractivity (Wildman–Crippen MR) is 143 cm³/mol. The van der Waals surface area contributed by atoms with Crippen LogP contribution in [-0.2, 0) is 0 Å². The van der Waals surface area contributed by atoms with Gasteiger partial charge in [0.2, 0.25) is 0 Å². The molecular formula is C30H30FN3OS. The maximum atomic E-state index is 14.8. The van der Waals surface area contributed by atoms with Crippen LogP contribution in [-0.4, -0.2) is 20.5 Å². The van der Waals surface area contributed by atoms with Crippen LogP contribution < -0.4 is 0 Å². The Morgan fingerprint density at radius 3 is 2.19 bits per heavy atom. The summed E-state index contributed by atoms with van der Waals surface area (Å²) in [6.07, 6.45) is 5.43. The number of halogens is 1. The number of ketones is 1. The first kappa shape index (κ1) is 24.4. The van der Waals surface area contributed by atoms with E-state index in [1.54, 1.807) is 12.1 Å². The van der Waals surface area contributed by atoms with Crippen molar-refractivity contribution in [2.24, 2.45) is 0 Å². The lowest BCUT2D eigenvalue weighted by Crippen LogP contribution is -2.17. The molecule has 6 heteroatoms. The molecule has 0 amide bonds. The van der Waals surface area contributed by atoms with Gasteiger partial charge in [0.05, 0.1) is 5.56 Å². The van der Waals surface area contributed by atoms with Crippen molar-refractivity contribution in [3.05, 3.63) is 101 Å². The number of nitrogens with zero attached hydrogens (tertiary/aromatic N) is 3. The smallest absolute Gasteiger partial charge is 0.192 e. The van der Waals surface area contributed by atoms with Crippen LogP contribution in [0.2, 0.25) is 0 Å². The summed E-state index contributed by atoms with van der Waals surface area (Å²) in [5.41, 5.74) is 4.27. The maximum Gasteiger partial charge on any atom is 0.192 e. The molecule has 1 aromatic heterocycles. The molecule has 0 aliphatic heterocycles. The summed E-state index contributed by atoms with van der Waals surface area (Å²) in [7, 11) is 0. The lowest BCUT2D eigenvalue weighted by atomic mass is 9.95. The third-order valence-electron chi connectivity index (χ3n) is 6.90. The van der Waals surface area contributed by atoms with Crippen molar-refractivity contribution < 1.29 is 9.18 Å². The van der Waals surface area contributed by atoms with Crippen LogP contribution in [0.5, 0.6) is 0 Å². The summed E-state index contributed by atoms with van der Waals surface area (Å²) in [5, 5.41) is 9.17. The van der Waals surface area contributed by atoms with Crippen LogP contribution in [0, 0.1) is 19.7 Å². The molecule has 0 unspecified atom stereocenters. The highest BCUT2D eigenvalue weighted by Gasteiger charge is 2.30. The van der Waals surface area contributed by atoms with E-state index in [0.717, 1.165) is 42.4 Å². The Bertz CT molecular complexity index is 1340. The Balaban J connectivity index is 1.59. The van der Waals surface area contributed by atoms with Gasteiger partial charge in [-0.2, -0.15) is 0 Å². The van der Waals surface area contributed by atoms with Crippen LogP contribution in [0.25, 0.3) is 11.4 Å². The second kappa shape index (κ2) is 10.8. The summed E-state index contributed by atoms with van der Waals surface area (Å²) < 4.78 is 16.9. The molecule has 36 heavy (non-hydrogen) atoms. The van der Waals surface area contributed by atoms with Crippen molar-refractivity contribution in [2.45, 2.75) is 62.4 Å². The molecule has 4 nitrogen and oxygen atoms in total. The number of aromatic nitrogens is 3. The number of rotatable bonds is 7. The minimum absolute atomic E-state index is 0.0227. The van der Waals surface area contributed by atoms with E-state index in [1.165, 1.54) is 24.2 Å². The van der Waals surface area contributed by atoms with Crippen molar-refractivity contribution in [1.82, 2.24) is 14.8 Å². The number of hydrogen-bond donors (Lipinski definition) is 0. The molecule has 1 atom stereocenters. The predicted octanol–water partition coefficient (Wildman–Crippen LogP) is 7.92. The van der Waals surface area contributed by atoms with E-state index in [2.05, 4.69) is 14.8 Å². The molecule has 1 aliphatic rings. The zero-order chi connectivity index (χ0) is 25.1. The zero-order valence-corrected chi connectivity index (χ0v) is 21.5. The highest BCUT2D eigenvalue weighted by Crippen LogP contribution is 2.42. The Kier molecular flexibility index (Phi) is 7.33. The van der Waals surface area contributed by atoms with Gasteiger partial charge in [0.15, 0.2) is 16.8 Å². The molecule has 0 N–H and O–H groups in total. The largest absolute Gasteiger partial charge is 0.299 e. The zero-order valence-electron chi connectivity index (χ0n) is 20.7. The Morgan fingerprint density at radius 2 is 1.53 bits per heavy atom. The third-order valence-corrected chi connectivity index (χ3v) is 8.11. The van der Waals surface area contributed by atoms with E-state index in [-0.39, 0.29) is 17.6 Å². The van der Waals surface area contributed by atoms with E-state index in [1.807, 2.05) is 68.4 Å². The Morgan fingerprint density at radius 1 is 0.889 bits per heavy atom. The minimum Gasteiger partial charge on any atom is -0.299 e. The van der Waals surface area contributed by atoms with Crippen LogP contribution in [0.15, 0.2) is 78.0 Å². The number of hydrogen-bond acceptors (Lipinski definition) is 4. The molecule has 1 heterocycles. The fraction of sp³-hybridized carbons (Fsp3) is 0.300. The van der Waals surface area contributed by atoms with Crippen molar-refractivity contribution in [3.63, 3.8) is 0 Å². The second-order valence-electron chi connectivity index (χ2n) is 9.59. The van der Waals surface area contributed by atoms with Crippen LogP contribution in [0.4, 0.5) is 4.39 Å². The number of benzene rings is 3. The summed E-state index contributed by atoms with van der Waals surface area (Å²) in [4.78, 5) is 13.8. The van der Waals surface area contributed by atoms with E-state index >= 15 is 0 Å². The van der Waals surface area contributed by atoms with Crippen LogP contribution in [0.1, 0.15) is 70.4 Å². The van der Waals surface area contributed by atoms with Crippen molar-refractivity contribution in [1.29, 1.82) is 0 Å². The fourth-order valence-corrected chi connectivity index (χ4v) is 6.03. The Hall–Kier alpha value is -3.25. The van der Waals surface area contributed by atoms with E-state index in [9.17, 15) is 9.18 Å². The van der Waals surface area contributed by atoms with Gasteiger partial charge in [-0.15, -0.1) is 10.2 Å². The molecule has 1 fully saturated rings. The Labute approximate surface area is 216 Å². The maximum absolute atomic E-state index is 14.8. The summed E-state index contributed by atoms with van der Waals surface area (Å²) in [6, 6.07) is 22.7. The van der Waals surface area contributed by atoms with Crippen molar-refractivity contribution >= 4 is 17.5 Å². The first-order valence-electron chi connectivity index (χ1n) is 12.5. The summed E-state index contributed by atoms with van der Waals surface area (Å²) >= 11 is 1.41. The molecule has 3 aromatic carbocycles. The average molecular weight is 500 g/mol. The molecule has 1 aliphatic carbocycles. The standard InChI is InChI=1S/C30H30FN3OS/c1-20-12-16-22(17-13-20)27(35)28(23-18-14-21(2)15-19-23)36-30-33-32-29(25-10-6-7-11-26(25)31)34(30)24-8-4-3-5-9-24/h6-7,10-19,24,28H,3-5,8-9H2,1-2H3/t28-/m1/s1. The molecule has 0 spiro atoms. The molecule has 4 aromatic rings. The average Bonchev–Trinajstić information content (AvgIpc) is 3.32. The van der Waals surface area contributed by atoms with E-state index < -0.39 is 5.25 Å². The van der Waals surface area contributed by atoms with Gasteiger partial charge >= 0.3 is 0 Å². The SMILES string of the molecule is Cc1ccc(C(=O)[C@H](Sc2nnc(-c3ccccc3F)n2C2CCCCC2)c2ccc(C)cc2)cc1. The monoisotopic (exact) mass is 499 g/mol. The molecule has 0 bridgehead atoms. The highest BCUT2D eigenvalue weighted by atomic mass is 32.2. The van der Waals surface area contributed by atoms with E-state index in [0.29, 0.717) is 22.1 Å². The van der Waals surface area contributed by atoms with Crippen molar-refractivity contribution in [3.8, 4) is 11.4 Å². The second-order valence-corrected chi connectivity index (χ2v) is 10.7. The minimum atomic E-state index is -0.492. The third kappa shape index (κ3) is 5.14. The summed E-state index contributed by atoms with van der Waals surface area (Å²) in [6.45, 7) is 4.05. The topological polar surface area (TPSA) is 47.8 Å². The fourth-order valence-electron chi connectivity index (χ4n) is 4.84. The number of thioether (sulfide) groups is 1. The van der Waals surface area contributed by atoms with Crippen LogP contribution in [0.3, 0.4) is 0 Å². The molecule has 1 saturated carbocycles. The first-order valence-corrected chi connectivity index (χ1v) is 13.4. The normalized spacial score (nSPS) is 15.1. The van der Waals surface area contributed by atoms with Crippen molar-refractivity contribution in [2.75, 3.05) is 0 Å². The van der Waals surface area contributed by atoms with Gasteiger partial charge in [0.1, 0.15) is 11.1 Å². The van der Waals surface area contributed by atoms with Gasteiger partial charge < -0.3 is 0 Å². The number of aryl methyl sites for hydroxylation is 2. The van der Waals surface area contributed by atoms with Gasteiger partial charge in [0, 0.05) is 11.6 Å². The molecule has 0 saturated heterocycles. The number of carbonyl (C=O) groups is 1. The van der Waals surface area contributed by atoms with Crippen LogP contribution >= 0.6 is 11.8 Å². The summed E-state index contributed by atoms with van der Waals surface area (Å²) in [5.74, 6) is 0.242. The lowest BCUT2D eigenvalue weighted by Gasteiger charge is -2.26. The van der Waals surface area contributed by atoms with E-state index in [4.69, 9.17) is 0 Å². The van der Waals surface area contributed by atoms with Gasteiger partial charge in [-0.25, -0.2) is 4.39 Å². The van der Waals surface area contributed by atoms with Gasteiger partial charge in [-0.1, -0.05) is 103 Å². The van der Waals surface area contributed by atoms with Gasteiger partial charge in [0.25, 0.3) is 0 Å². The molecule has 0 radical (unpaired) electrons. The van der Waals surface area contributed by atoms with Gasteiger partial charge in [-0.05, 0) is 44.4 Å². The molecule has 184 valence electrons. The quantitative estimate of drug-likeness (QED) is 0.191. The number of carbonyl (C=O) groups excluding carboxylic acids is 1. The highest BCUT2D eigenvalue weighted by molar-refractivity contribution is 8.00. The molecular weight excluding hydrogens is 469 g/mol. The number of Topliss-reactive ketones (excluding diaryl/α,β-unsaturated/α-hetero) is 1. The first-order chi connectivity index (χ1) is 17.5. The molecule has 5 rings (SSSR count). The van der Waals surface area contributed by atoms with Gasteiger partial charge in [-0.3, -0.25) is 9.36 Å². The lowest BCUT2D eigenvalue weighted by molar-refractivity contribution is 0.0989.